The number of amides is 1. The normalized spacial score (nSPS) is 14.3. The summed E-state index contributed by atoms with van der Waals surface area (Å²) in [5.41, 5.74) is 1.58. The molecule has 2 aromatic rings. The number of hydrogen-bond donors (Lipinski definition) is 1. The minimum absolute atomic E-state index is 0.136. The molecule has 1 amide bonds. The maximum atomic E-state index is 12.5. The monoisotopic (exact) mass is 388 g/mol. The molecule has 1 aromatic carbocycles. The van der Waals surface area contributed by atoms with Crippen LogP contribution in [-0.2, 0) is 4.79 Å². The number of rotatable bonds is 6. The van der Waals surface area contributed by atoms with Crippen LogP contribution in [0, 0.1) is 6.92 Å². The van der Waals surface area contributed by atoms with E-state index in [1.807, 2.05) is 29.2 Å². The maximum absolute atomic E-state index is 12.5. The third-order valence-corrected chi connectivity index (χ3v) is 5.34. The summed E-state index contributed by atoms with van der Waals surface area (Å²) in [6.45, 7) is 4.74. The number of carbonyl (C=O) groups excluding carboxylic acids is 1. The number of benzene rings is 1. The van der Waals surface area contributed by atoms with Gasteiger partial charge in [0.2, 0.25) is 5.91 Å². The van der Waals surface area contributed by atoms with E-state index in [1.165, 1.54) is 17.8 Å². The van der Waals surface area contributed by atoms with Crippen LogP contribution in [0.2, 0.25) is 0 Å². The lowest BCUT2D eigenvalue weighted by Crippen LogP contribution is -2.49. The first-order valence-electron chi connectivity index (χ1n) is 8.93. The Morgan fingerprint density at radius 2 is 2.00 bits per heavy atom. The number of H-pyrrole nitrogens is 1. The van der Waals surface area contributed by atoms with Crippen LogP contribution in [0.1, 0.15) is 12.1 Å². The smallest absolute Gasteiger partial charge is 0.251 e. The van der Waals surface area contributed by atoms with E-state index >= 15 is 0 Å². The van der Waals surface area contributed by atoms with Gasteiger partial charge in [-0.25, -0.2) is 4.98 Å². The van der Waals surface area contributed by atoms with Crippen molar-refractivity contribution in [2.24, 2.45) is 0 Å². The van der Waals surface area contributed by atoms with Gasteiger partial charge in [0.15, 0.2) is 5.16 Å². The van der Waals surface area contributed by atoms with E-state index in [0.717, 1.165) is 24.5 Å². The molecule has 7 nitrogen and oxygen atoms in total. The lowest BCUT2D eigenvalue weighted by molar-refractivity contribution is -0.131. The molecule has 1 fully saturated rings. The third kappa shape index (κ3) is 5.03. The van der Waals surface area contributed by atoms with Crippen molar-refractivity contribution in [3.63, 3.8) is 0 Å². The molecule has 0 atom stereocenters. The van der Waals surface area contributed by atoms with Crippen molar-refractivity contribution in [1.29, 1.82) is 0 Å². The number of ether oxygens (including phenoxy) is 1. The van der Waals surface area contributed by atoms with Crippen molar-refractivity contribution >= 4 is 23.4 Å². The fraction of sp³-hybridized carbons (Fsp3) is 0.421. The van der Waals surface area contributed by atoms with Crippen LogP contribution in [0.25, 0.3) is 0 Å². The van der Waals surface area contributed by atoms with Gasteiger partial charge in [0, 0.05) is 50.1 Å². The van der Waals surface area contributed by atoms with Crippen LogP contribution < -0.4 is 15.2 Å². The molecule has 0 spiro atoms. The quantitative estimate of drug-likeness (QED) is 0.602. The van der Waals surface area contributed by atoms with Crippen LogP contribution >= 0.6 is 11.8 Å². The second-order valence-electron chi connectivity index (χ2n) is 6.33. The van der Waals surface area contributed by atoms with Crippen LogP contribution in [-0.4, -0.2) is 59.8 Å². The van der Waals surface area contributed by atoms with Crippen LogP contribution in [0.15, 0.2) is 40.3 Å². The lowest BCUT2D eigenvalue weighted by Gasteiger charge is -2.36. The predicted molar refractivity (Wildman–Crippen MR) is 107 cm³/mol. The Hall–Kier alpha value is -2.48. The van der Waals surface area contributed by atoms with E-state index in [9.17, 15) is 9.59 Å². The van der Waals surface area contributed by atoms with Gasteiger partial charge in [-0.2, -0.15) is 0 Å². The Morgan fingerprint density at radius 1 is 1.26 bits per heavy atom. The highest BCUT2D eigenvalue weighted by molar-refractivity contribution is 7.99. The summed E-state index contributed by atoms with van der Waals surface area (Å²) in [4.78, 5) is 35.0. The van der Waals surface area contributed by atoms with E-state index in [1.54, 1.807) is 14.0 Å². The molecular formula is C19H24N4O3S. The van der Waals surface area contributed by atoms with E-state index in [0.29, 0.717) is 36.1 Å². The Balaban J connectivity index is 1.48. The number of methoxy groups -OCH3 is 1. The molecule has 1 saturated heterocycles. The number of nitrogens with one attached hydrogen (secondary N) is 1. The summed E-state index contributed by atoms with van der Waals surface area (Å²) in [6, 6.07) is 9.40. The Morgan fingerprint density at radius 3 is 2.70 bits per heavy atom. The second-order valence-corrected chi connectivity index (χ2v) is 7.41. The van der Waals surface area contributed by atoms with Crippen molar-refractivity contribution in [1.82, 2.24) is 14.9 Å². The molecular weight excluding hydrogens is 364 g/mol. The van der Waals surface area contributed by atoms with E-state index < -0.39 is 0 Å². The molecule has 8 heteroatoms. The van der Waals surface area contributed by atoms with Crippen LogP contribution in [0.4, 0.5) is 5.69 Å². The minimum Gasteiger partial charge on any atom is -0.495 e. The highest BCUT2D eigenvalue weighted by Crippen LogP contribution is 2.28. The molecule has 0 saturated carbocycles. The number of hydrogen-bond acceptors (Lipinski definition) is 6. The minimum atomic E-state index is -0.163. The molecule has 1 N–H and O–H groups in total. The Kier molecular flexibility index (Phi) is 6.39. The van der Waals surface area contributed by atoms with Crippen molar-refractivity contribution in [3.8, 4) is 5.75 Å². The number of thioether (sulfide) groups is 1. The number of piperazine rings is 1. The van der Waals surface area contributed by atoms with E-state index in [4.69, 9.17) is 4.74 Å². The first-order valence-corrected chi connectivity index (χ1v) is 9.92. The molecule has 1 aliphatic heterocycles. The summed E-state index contributed by atoms with van der Waals surface area (Å²) in [7, 11) is 1.67. The fourth-order valence-electron chi connectivity index (χ4n) is 3.10. The number of anilines is 1. The standard InChI is InChI=1S/C19H24N4O3S/c1-14-13-17(24)21-19(20-14)27-12-7-18(25)23-10-8-22(9-11-23)15-5-3-4-6-16(15)26-2/h3-6,13H,7-12H2,1-2H3,(H,20,21,24). The highest BCUT2D eigenvalue weighted by atomic mass is 32.2. The summed E-state index contributed by atoms with van der Waals surface area (Å²) < 4.78 is 5.43. The number of aromatic nitrogens is 2. The SMILES string of the molecule is COc1ccccc1N1CCN(C(=O)CCSc2nc(C)cc(=O)[nH]2)CC1. The van der Waals surface area contributed by atoms with Gasteiger partial charge >= 0.3 is 0 Å². The summed E-state index contributed by atoms with van der Waals surface area (Å²) in [5.74, 6) is 1.59. The average molecular weight is 388 g/mol. The Labute approximate surface area is 162 Å². The number of para-hydroxylation sites is 2. The molecule has 1 aromatic heterocycles. The van der Waals surface area contributed by atoms with Gasteiger partial charge in [-0.3, -0.25) is 9.59 Å². The maximum Gasteiger partial charge on any atom is 0.251 e. The zero-order valence-corrected chi connectivity index (χ0v) is 16.4. The molecule has 0 unspecified atom stereocenters. The molecule has 144 valence electrons. The van der Waals surface area contributed by atoms with Gasteiger partial charge in [-0.1, -0.05) is 23.9 Å². The number of aromatic amines is 1. The Bertz CT molecular complexity index is 847. The second kappa shape index (κ2) is 8.94. The highest BCUT2D eigenvalue weighted by Gasteiger charge is 2.22. The summed E-state index contributed by atoms with van der Waals surface area (Å²) in [6.07, 6.45) is 0.428. The number of carbonyl (C=O) groups is 1. The third-order valence-electron chi connectivity index (χ3n) is 4.46. The van der Waals surface area contributed by atoms with Gasteiger partial charge in [0.1, 0.15) is 5.75 Å². The van der Waals surface area contributed by atoms with Crippen molar-refractivity contribution in [2.75, 3.05) is 43.9 Å². The van der Waals surface area contributed by atoms with Crippen LogP contribution in [0.3, 0.4) is 0 Å². The molecule has 0 bridgehead atoms. The first-order chi connectivity index (χ1) is 13.1. The van der Waals surface area contributed by atoms with Gasteiger partial charge in [-0.05, 0) is 19.1 Å². The molecule has 3 rings (SSSR count). The average Bonchev–Trinajstić information content (AvgIpc) is 2.67. The summed E-state index contributed by atoms with van der Waals surface area (Å²) in [5, 5.41) is 0.564. The molecule has 0 aliphatic carbocycles. The largest absolute Gasteiger partial charge is 0.495 e. The molecule has 1 aliphatic rings. The van der Waals surface area contributed by atoms with Crippen LogP contribution in [0.5, 0.6) is 5.75 Å². The van der Waals surface area contributed by atoms with Crippen molar-refractivity contribution in [2.45, 2.75) is 18.5 Å². The zero-order valence-electron chi connectivity index (χ0n) is 15.6. The topological polar surface area (TPSA) is 78.5 Å². The summed E-state index contributed by atoms with van der Waals surface area (Å²) >= 11 is 1.40. The molecule has 2 heterocycles. The van der Waals surface area contributed by atoms with Crippen molar-refractivity contribution < 1.29 is 9.53 Å². The zero-order chi connectivity index (χ0) is 19.2. The number of nitrogens with zero attached hydrogens (tertiary/aromatic N) is 3. The van der Waals surface area contributed by atoms with E-state index in [2.05, 4.69) is 14.9 Å². The fourth-order valence-corrected chi connectivity index (χ4v) is 3.95. The molecule has 27 heavy (non-hydrogen) atoms. The van der Waals surface area contributed by atoms with Gasteiger partial charge in [0.05, 0.1) is 12.8 Å². The van der Waals surface area contributed by atoms with Crippen molar-refractivity contribution in [3.05, 3.63) is 46.4 Å². The van der Waals surface area contributed by atoms with Gasteiger partial charge in [-0.15, -0.1) is 0 Å². The number of aryl methyl sites for hydroxylation is 1. The lowest BCUT2D eigenvalue weighted by atomic mass is 10.2. The van der Waals surface area contributed by atoms with E-state index in [-0.39, 0.29) is 11.5 Å². The van der Waals surface area contributed by atoms with Gasteiger partial charge in [0.25, 0.3) is 5.56 Å². The molecule has 0 radical (unpaired) electrons. The first kappa shape index (κ1) is 19.3. The van der Waals surface area contributed by atoms with Gasteiger partial charge < -0.3 is 19.5 Å². The predicted octanol–water partition coefficient (Wildman–Crippen LogP) is 1.92.